The maximum atomic E-state index is 13.0. The molecule has 0 saturated carbocycles. The van der Waals surface area contributed by atoms with Gasteiger partial charge in [-0.1, -0.05) is 60.2 Å². The number of nitriles is 1. The average molecular weight is 425 g/mol. The molecule has 160 valence electrons. The molecule has 0 fully saturated rings. The van der Waals surface area contributed by atoms with Crippen LogP contribution in [-0.2, 0) is 13.0 Å². The zero-order chi connectivity index (χ0) is 22.5. The van der Waals surface area contributed by atoms with Crippen LogP contribution in [0, 0.1) is 18.3 Å². The largest absolute Gasteiger partial charge is 0.491 e. The lowest BCUT2D eigenvalue weighted by molar-refractivity contribution is 0.0882. The van der Waals surface area contributed by atoms with Gasteiger partial charge in [0.15, 0.2) is 0 Å². The van der Waals surface area contributed by atoms with Crippen molar-refractivity contribution in [3.05, 3.63) is 94.3 Å². The van der Waals surface area contributed by atoms with Crippen LogP contribution in [0.4, 0.5) is 0 Å². The first-order chi connectivity index (χ1) is 15.5. The van der Waals surface area contributed by atoms with Crippen molar-refractivity contribution in [2.45, 2.75) is 26.0 Å². The number of hydrogen-bond donors (Lipinski definition) is 1. The number of aromatic nitrogens is 2. The van der Waals surface area contributed by atoms with Gasteiger partial charge in [-0.15, -0.1) is 0 Å². The second-order valence-corrected chi connectivity index (χ2v) is 7.69. The maximum Gasteiger partial charge on any atom is 0.274 e. The highest BCUT2D eigenvalue weighted by Gasteiger charge is 2.15. The molecule has 3 aromatic carbocycles. The standard InChI is InChI=1S/C26H23N3O3/c1-18-6-10-20(11-7-18)25-23-4-2-3-5-24(23)26(31)29(28-25)16-21(30)17-32-22-12-8-19(9-13-22)14-15-27/h2-13,21,30H,14,16-17H2,1H3. The molecular weight excluding hydrogens is 402 g/mol. The Bertz CT molecular complexity index is 1320. The summed E-state index contributed by atoms with van der Waals surface area (Å²) in [4.78, 5) is 13.0. The smallest absolute Gasteiger partial charge is 0.274 e. The first-order valence-electron chi connectivity index (χ1n) is 10.4. The van der Waals surface area contributed by atoms with E-state index in [2.05, 4.69) is 11.2 Å². The lowest BCUT2D eigenvalue weighted by Gasteiger charge is -2.16. The van der Waals surface area contributed by atoms with E-state index in [1.54, 1.807) is 18.2 Å². The topological polar surface area (TPSA) is 88.1 Å². The molecule has 1 atom stereocenters. The van der Waals surface area contributed by atoms with Crippen molar-refractivity contribution in [2.75, 3.05) is 6.61 Å². The summed E-state index contributed by atoms with van der Waals surface area (Å²) in [5.74, 6) is 0.588. The number of hydrogen-bond acceptors (Lipinski definition) is 5. The van der Waals surface area contributed by atoms with Crippen LogP contribution in [0.15, 0.2) is 77.6 Å². The van der Waals surface area contributed by atoms with Crippen molar-refractivity contribution in [2.24, 2.45) is 0 Å². The fourth-order valence-electron chi connectivity index (χ4n) is 3.52. The zero-order valence-corrected chi connectivity index (χ0v) is 17.7. The summed E-state index contributed by atoms with van der Waals surface area (Å²) < 4.78 is 6.96. The molecule has 1 unspecified atom stereocenters. The van der Waals surface area contributed by atoms with E-state index in [9.17, 15) is 9.90 Å². The quantitative estimate of drug-likeness (QED) is 0.486. The van der Waals surface area contributed by atoms with Gasteiger partial charge in [0.05, 0.1) is 30.1 Å². The van der Waals surface area contributed by atoms with Gasteiger partial charge in [-0.3, -0.25) is 4.79 Å². The molecule has 0 aliphatic rings. The fraction of sp³-hybridized carbons (Fsp3) is 0.192. The molecule has 0 bridgehead atoms. The highest BCUT2D eigenvalue weighted by Crippen LogP contribution is 2.25. The van der Waals surface area contributed by atoms with Gasteiger partial charge in [0.2, 0.25) is 0 Å². The summed E-state index contributed by atoms with van der Waals surface area (Å²) in [7, 11) is 0. The molecule has 0 aliphatic heterocycles. The molecule has 0 radical (unpaired) electrons. The third-order valence-electron chi connectivity index (χ3n) is 5.23. The van der Waals surface area contributed by atoms with Crippen molar-refractivity contribution in [3.63, 3.8) is 0 Å². The van der Waals surface area contributed by atoms with Gasteiger partial charge in [0.25, 0.3) is 5.56 Å². The number of aliphatic hydroxyl groups excluding tert-OH is 1. The van der Waals surface area contributed by atoms with Crippen LogP contribution in [0.25, 0.3) is 22.0 Å². The molecule has 6 heteroatoms. The van der Waals surface area contributed by atoms with E-state index in [0.29, 0.717) is 23.3 Å². The van der Waals surface area contributed by atoms with Crippen LogP contribution in [0.3, 0.4) is 0 Å². The van der Waals surface area contributed by atoms with E-state index < -0.39 is 6.10 Å². The molecule has 0 amide bonds. The molecule has 0 spiro atoms. The van der Waals surface area contributed by atoms with E-state index in [4.69, 9.17) is 10.00 Å². The van der Waals surface area contributed by atoms with Crippen LogP contribution >= 0.6 is 0 Å². The first-order valence-corrected chi connectivity index (χ1v) is 10.4. The van der Waals surface area contributed by atoms with Gasteiger partial charge in [0, 0.05) is 10.9 Å². The Morgan fingerprint density at radius 1 is 1.03 bits per heavy atom. The van der Waals surface area contributed by atoms with Crippen molar-refractivity contribution in [1.29, 1.82) is 5.26 Å². The van der Waals surface area contributed by atoms with Crippen LogP contribution in [-0.4, -0.2) is 27.6 Å². The van der Waals surface area contributed by atoms with Crippen LogP contribution < -0.4 is 10.3 Å². The Kier molecular flexibility index (Phi) is 6.29. The minimum absolute atomic E-state index is 0.00897. The molecule has 4 aromatic rings. The van der Waals surface area contributed by atoms with Gasteiger partial charge in [-0.05, 0) is 30.7 Å². The number of benzene rings is 3. The first kappa shape index (κ1) is 21.3. The molecule has 1 N–H and O–H groups in total. The van der Waals surface area contributed by atoms with E-state index in [1.165, 1.54) is 4.68 Å². The molecular formula is C26H23N3O3. The highest BCUT2D eigenvalue weighted by molar-refractivity contribution is 5.93. The van der Waals surface area contributed by atoms with Gasteiger partial charge in [0.1, 0.15) is 18.5 Å². The number of rotatable bonds is 7. The minimum atomic E-state index is -0.925. The SMILES string of the molecule is Cc1ccc(-c2nn(CC(O)COc3ccc(CC#N)cc3)c(=O)c3ccccc23)cc1. The van der Waals surface area contributed by atoms with E-state index in [-0.39, 0.29) is 18.7 Å². The normalized spacial score (nSPS) is 11.8. The Morgan fingerprint density at radius 3 is 2.41 bits per heavy atom. The van der Waals surface area contributed by atoms with Crippen LogP contribution in [0.1, 0.15) is 11.1 Å². The highest BCUT2D eigenvalue weighted by atomic mass is 16.5. The van der Waals surface area contributed by atoms with Crippen molar-refractivity contribution < 1.29 is 9.84 Å². The monoisotopic (exact) mass is 425 g/mol. The number of fused-ring (bicyclic) bond motifs is 1. The summed E-state index contributed by atoms with van der Waals surface area (Å²) in [6, 6.07) is 24.6. The summed E-state index contributed by atoms with van der Waals surface area (Å²) in [5, 5.41) is 25.2. The number of aryl methyl sites for hydroxylation is 1. The summed E-state index contributed by atoms with van der Waals surface area (Å²) >= 11 is 0. The molecule has 0 saturated heterocycles. The predicted molar refractivity (Wildman–Crippen MR) is 123 cm³/mol. The molecule has 1 heterocycles. The van der Waals surface area contributed by atoms with Crippen molar-refractivity contribution in [3.8, 4) is 23.1 Å². The zero-order valence-electron chi connectivity index (χ0n) is 17.7. The van der Waals surface area contributed by atoms with Crippen molar-refractivity contribution >= 4 is 10.8 Å². The number of nitrogens with zero attached hydrogens (tertiary/aromatic N) is 3. The number of ether oxygens (including phenoxy) is 1. The van der Waals surface area contributed by atoms with Gasteiger partial charge in [-0.2, -0.15) is 10.4 Å². The van der Waals surface area contributed by atoms with Gasteiger partial charge >= 0.3 is 0 Å². The minimum Gasteiger partial charge on any atom is -0.491 e. The summed E-state index contributed by atoms with van der Waals surface area (Å²) in [5.41, 5.74) is 3.39. The maximum absolute atomic E-state index is 13.0. The number of aliphatic hydroxyl groups is 1. The molecule has 6 nitrogen and oxygen atoms in total. The second-order valence-electron chi connectivity index (χ2n) is 7.69. The molecule has 32 heavy (non-hydrogen) atoms. The Balaban J connectivity index is 1.57. The molecule has 0 aliphatic carbocycles. The van der Waals surface area contributed by atoms with Crippen LogP contribution in [0.2, 0.25) is 0 Å². The third kappa shape index (κ3) is 4.69. The van der Waals surface area contributed by atoms with Gasteiger partial charge in [-0.25, -0.2) is 4.68 Å². The lowest BCUT2D eigenvalue weighted by Crippen LogP contribution is -2.32. The Labute approximate surface area is 185 Å². The van der Waals surface area contributed by atoms with Gasteiger partial charge < -0.3 is 9.84 Å². The predicted octanol–water partition coefficient (Wildman–Crippen LogP) is 3.88. The van der Waals surface area contributed by atoms with E-state index >= 15 is 0 Å². The summed E-state index contributed by atoms with van der Waals surface area (Å²) in [6.07, 6.45) is -0.589. The molecule has 4 rings (SSSR count). The Morgan fingerprint density at radius 2 is 1.72 bits per heavy atom. The van der Waals surface area contributed by atoms with Crippen LogP contribution in [0.5, 0.6) is 5.75 Å². The second kappa shape index (κ2) is 9.46. The fourth-order valence-corrected chi connectivity index (χ4v) is 3.52. The third-order valence-corrected chi connectivity index (χ3v) is 5.23. The molecule has 1 aromatic heterocycles. The van der Waals surface area contributed by atoms with E-state index in [1.807, 2.05) is 61.5 Å². The Hall–Kier alpha value is -3.95. The van der Waals surface area contributed by atoms with Crippen molar-refractivity contribution in [1.82, 2.24) is 9.78 Å². The lowest BCUT2D eigenvalue weighted by atomic mass is 10.0. The van der Waals surface area contributed by atoms with E-state index in [0.717, 1.165) is 22.1 Å². The average Bonchev–Trinajstić information content (AvgIpc) is 2.81. The summed E-state index contributed by atoms with van der Waals surface area (Å²) in [6.45, 7) is 2.04.